The number of hydrogen-bond donors (Lipinski definition) is 0. The van der Waals surface area contributed by atoms with Gasteiger partial charge in [-0.2, -0.15) is 0 Å². The molecule has 0 N–H and O–H groups in total. The molecular formula is C19H18BrN3O2. The topological polar surface area (TPSA) is 57.0 Å². The number of rotatable bonds is 4. The average Bonchev–Trinajstić information content (AvgIpc) is 2.96. The van der Waals surface area contributed by atoms with E-state index in [9.17, 15) is 4.79 Å². The van der Waals surface area contributed by atoms with Crippen LogP contribution in [0.25, 0.3) is 5.69 Å². The van der Waals surface area contributed by atoms with Crippen LogP contribution >= 0.6 is 15.9 Å². The quantitative estimate of drug-likeness (QED) is 0.613. The second kappa shape index (κ2) is 7.19. The van der Waals surface area contributed by atoms with Gasteiger partial charge in [0.25, 0.3) is 0 Å². The van der Waals surface area contributed by atoms with Crippen molar-refractivity contribution in [2.75, 3.05) is 0 Å². The van der Waals surface area contributed by atoms with Crippen molar-refractivity contribution in [3.05, 3.63) is 75.0 Å². The van der Waals surface area contributed by atoms with Crippen molar-refractivity contribution in [1.82, 2.24) is 15.0 Å². The summed E-state index contributed by atoms with van der Waals surface area (Å²) in [4.78, 5) is 12.4. The summed E-state index contributed by atoms with van der Waals surface area (Å²) >= 11 is 3.40. The molecule has 1 heterocycles. The van der Waals surface area contributed by atoms with E-state index < -0.39 is 5.97 Å². The fourth-order valence-corrected chi connectivity index (χ4v) is 2.83. The van der Waals surface area contributed by atoms with Crippen LogP contribution in [-0.2, 0) is 11.3 Å². The Bertz CT molecular complexity index is 917. The summed E-state index contributed by atoms with van der Waals surface area (Å²) in [7, 11) is 0. The monoisotopic (exact) mass is 399 g/mol. The number of carbonyl (C=O) groups excluding carboxylic acids is 1. The van der Waals surface area contributed by atoms with Gasteiger partial charge in [-0.3, -0.25) is 0 Å². The molecule has 0 saturated heterocycles. The van der Waals surface area contributed by atoms with Gasteiger partial charge in [-0.25, -0.2) is 9.48 Å². The number of esters is 1. The lowest BCUT2D eigenvalue weighted by Crippen LogP contribution is -2.09. The molecule has 0 unspecified atom stereocenters. The van der Waals surface area contributed by atoms with Gasteiger partial charge in [0.1, 0.15) is 6.61 Å². The maximum Gasteiger partial charge on any atom is 0.361 e. The Morgan fingerprint density at radius 2 is 1.84 bits per heavy atom. The molecule has 0 bridgehead atoms. The number of aryl methyl sites for hydroxylation is 2. The molecule has 0 fully saturated rings. The van der Waals surface area contributed by atoms with E-state index in [1.165, 1.54) is 5.56 Å². The lowest BCUT2D eigenvalue weighted by atomic mass is 10.1. The van der Waals surface area contributed by atoms with Crippen LogP contribution in [0.4, 0.5) is 0 Å². The number of nitrogens with zero attached hydrogens (tertiary/aromatic N) is 3. The Morgan fingerprint density at radius 1 is 1.12 bits per heavy atom. The molecule has 5 nitrogen and oxygen atoms in total. The first kappa shape index (κ1) is 17.4. The van der Waals surface area contributed by atoms with Crippen molar-refractivity contribution in [3.8, 4) is 5.69 Å². The van der Waals surface area contributed by atoms with E-state index in [0.717, 1.165) is 21.3 Å². The zero-order valence-corrected chi connectivity index (χ0v) is 15.9. The summed E-state index contributed by atoms with van der Waals surface area (Å²) in [5, 5.41) is 8.06. The molecule has 0 radical (unpaired) electrons. The molecule has 0 aliphatic carbocycles. The molecule has 2 aromatic carbocycles. The molecule has 0 aliphatic heterocycles. The maximum atomic E-state index is 12.4. The number of halogens is 1. The Hall–Kier alpha value is -2.47. The van der Waals surface area contributed by atoms with E-state index in [-0.39, 0.29) is 12.3 Å². The first-order chi connectivity index (χ1) is 12.0. The Balaban J connectivity index is 1.75. The van der Waals surface area contributed by atoms with Crippen LogP contribution in [-0.4, -0.2) is 21.0 Å². The zero-order valence-electron chi connectivity index (χ0n) is 14.3. The summed E-state index contributed by atoms with van der Waals surface area (Å²) < 4.78 is 8.02. The van der Waals surface area contributed by atoms with Crippen molar-refractivity contribution in [1.29, 1.82) is 0 Å². The third kappa shape index (κ3) is 3.79. The van der Waals surface area contributed by atoms with Gasteiger partial charge in [0, 0.05) is 4.47 Å². The first-order valence-corrected chi connectivity index (χ1v) is 8.66. The van der Waals surface area contributed by atoms with Crippen LogP contribution in [0.1, 0.15) is 32.9 Å². The summed E-state index contributed by atoms with van der Waals surface area (Å²) in [5.41, 5.74) is 4.98. The molecular weight excluding hydrogens is 382 g/mol. The van der Waals surface area contributed by atoms with Gasteiger partial charge in [-0.05, 0) is 56.2 Å². The fraction of sp³-hybridized carbons (Fsp3) is 0.211. The zero-order chi connectivity index (χ0) is 18.0. The highest BCUT2D eigenvalue weighted by Crippen LogP contribution is 2.17. The van der Waals surface area contributed by atoms with Crippen molar-refractivity contribution in [2.45, 2.75) is 27.4 Å². The molecule has 0 saturated carbocycles. The van der Waals surface area contributed by atoms with Crippen LogP contribution < -0.4 is 0 Å². The minimum absolute atomic E-state index is 0.218. The summed E-state index contributed by atoms with van der Waals surface area (Å²) in [6.45, 7) is 6.06. The second-order valence-corrected chi connectivity index (χ2v) is 6.83. The smallest absolute Gasteiger partial charge is 0.361 e. The Labute approximate surface area is 154 Å². The molecule has 1 aromatic heterocycles. The van der Waals surface area contributed by atoms with E-state index in [2.05, 4.69) is 32.3 Å². The van der Waals surface area contributed by atoms with Crippen LogP contribution in [0.2, 0.25) is 0 Å². The van der Waals surface area contributed by atoms with Gasteiger partial charge in [0.15, 0.2) is 5.69 Å². The van der Waals surface area contributed by atoms with Gasteiger partial charge >= 0.3 is 5.97 Å². The molecule has 0 spiro atoms. The number of carbonyl (C=O) groups is 1. The van der Waals surface area contributed by atoms with Crippen LogP contribution in [0, 0.1) is 20.8 Å². The van der Waals surface area contributed by atoms with Crippen molar-refractivity contribution >= 4 is 21.9 Å². The molecule has 6 heteroatoms. The molecule has 25 heavy (non-hydrogen) atoms. The van der Waals surface area contributed by atoms with Gasteiger partial charge in [-0.1, -0.05) is 44.9 Å². The predicted octanol–water partition coefficient (Wildman–Crippen LogP) is 4.31. The van der Waals surface area contributed by atoms with E-state index in [4.69, 9.17) is 4.74 Å². The predicted molar refractivity (Wildman–Crippen MR) is 98.8 cm³/mol. The van der Waals surface area contributed by atoms with Crippen LogP contribution in [0.15, 0.2) is 46.9 Å². The summed E-state index contributed by atoms with van der Waals surface area (Å²) in [6.07, 6.45) is 0. The largest absolute Gasteiger partial charge is 0.456 e. The number of hydrogen-bond acceptors (Lipinski definition) is 4. The SMILES string of the molecule is Cc1ccc(COC(=O)c2nnn(-c3ccc(Br)cc3)c2C)c(C)c1. The minimum Gasteiger partial charge on any atom is -0.456 e. The average molecular weight is 400 g/mol. The first-order valence-electron chi connectivity index (χ1n) is 7.87. The van der Waals surface area contributed by atoms with E-state index in [1.54, 1.807) is 11.6 Å². The van der Waals surface area contributed by atoms with E-state index in [1.807, 2.05) is 50.2 Å². The molecule has 3 rings (SSSR count). The third-order valence-electron chi connectivity index (χ3n) is 4.02. The minimum atomic E-state index is -0.471. The second-order valence-electron chi connectivity index (χ2n) is 5.92. The van der Waals surface area contributed by atoms with Gasteiger partial charge < -0.3 is 4.74 Å². The van der Waals surface area contributed by atoms with Crippen molar-refractivity contribution in [2.24, 2.45) is 0 Å². The van der Waals surface area contributed by atoms with Gasteiger partial charge in [0.2, 0.25) is 0 Å². The van der Waals surface area contributed by atoms with Crippen molar-refractivity contribution < 1.29 is 9.53 Å². The van der Waals surface area contributed by atoms with Crippen LogP contribution in [0.3, 0.4) is 0 Å². The standard InChI is InChI=1S/C19H18BrN3O2/c1-12-4-5-15(13(2)10-12)11-25-19(24)18-14(3)23(22-21-18)17-8-6-16(20)7-9-17/h4-10H,11H2,1-3H3. The molecule has 0 amide bonds. The van der Waals surface area contributed by atoms with E-state index >= 15 is 0 Å². The highest BCUT2D eigenvalue weighted by molar-refractivity contribution is 9.10. The lowest BCUT2D eigenvalue weighted by molar-refractivity contribution is 0.0464. The number of aromatic nitrogens is 3. The molecule has 3 aromatic rings. The summed E-state index contributed by atoms with van der Waals surface area (Å²) in [5.74, 6) is -0.471. The Morgan fingerprint density at radius 3 is 2.52 bits per heavy atom. The third-order valence-corrected chi connectivity index (χ3v) is 4.54. The molecule has 0 aliphatic rings. The van der Waals surface area contributed by atoms with Gasteiger partial charge in [-0.15, -0.1) is 5.10 Å². The Kier molecular flexibility index (Phi) is 4.99. The van der Waals surface area contributed by atoms with E-state index in [0.29, 0.717) is 5.69 Å². The normalized spacial score (nSPS) is 10.7. The number of ether oxygens (including phenoxy) is 1. The van der Waals surface area contributed by atoms with Gasteiger partial charge in [0.05, 0.1) is 11.4 Å². The fourth-order valence-electron chi connectivity index (χ4n) is 2.56. The maximum absolute atomic E-state index is 12.4. The highest BCUT2D eigenvalue weighted by Gasteiger charge is 2.19. The molecule has 128 valence electrons. The van der Waals surface area contributed by atoms with Crippen LogP contribution in [0.5, 0.6) is 0 Å². The van der Waals surface area contributed by atoms with Crippen molar-refractivity contribution in [3.63, 3.8) is 0 Å². The number of benzene rings is 2. The molecule has 0 atom stereocenters. The summed E-state index contributed by atoms with van der Waals surface area (Å²) in [6, 6.07) is 13.7. The highest BCUT2D eigenvalue weighted by atomic mass is 79.9. The lowest BCUT2D eigenvalue weighted by Gasteiger charge is -2.08.